The fourth-order valence-electron chi connectivity index (χ4n) is 2.22. The van der Waals surface area contributed by atoms with Crippen LogP contribution in [0.3, 0.4) is 0 Å². The number of nitrogens with zero attached hydrogens (tertiary/aromatic N) is 1. The quantitative estimate of drug-likeness (QED) is 0.647. The van der Waals surface area contributed by atoms with Crippen molar-refractivity contribution in [3.8, 4) is 11.5 Å². The number of halogens is 1. The first-order valence-corrected chi connectivity index (χ1v) is 8.00. The molecule has 3 aromatic rings. The molecule has 0 aliphatic rings. The molecule has 136 valence electrons. The van der Waals surface area contributed by atoms with E-state index in [0.717, 1.165) is 11.6 Å². The van der Waals surface area contributed by atoms with E-state index in [4.69, 9.17) is 9.47 Å². The molecule has 7 heteroatoms. The smallest absolute Gasteiger partial charge is 0.412 e. The number of hydrogen-bond acceptors (Lipinski definition) is 5. The summed E-state index contributed by atoms with van der Waals surface area (Å²) in [5.41, 5.74) is 0.986. The Morgan fingerprint density at radius 3 is 2.59 bits per heavy atom. The number of aromatic nitrogens is 1. The average Bonchev–Trinajstić information content (AvgIpc) is 2.69. The second kappa shape index (κ2) is 8.57. The van der Waals surface area contributed by atoms with Gasteiger partial charge in [-0.1, -0.05) is 30.3 Å². The van der Waals surface area contributed by atoms with Crippen LogP contribution in [0.4, 0.5) is 14.9 Å². The monoisotopic (exact) mass is 366 g/mol. The molecule has 0 saturated heterocycles. The maximum absolute atomic E-state index is 14.2. The van der Waals surface area contributed by atoms with Gasteiger partial charge in [-0.05, 0) is 23.8 Å². The van der Waals surface area contributed by atoms with Gasteiger partial charge in [0, 0.05) is 18.3 Å². The lowest BCUT2D eigenvalue weighted by atomic mass is 10.2. The van der Waals surface area contributed by atoms with Gasteiger partial charge in [0.1, 0.15) is 23.8 Å². The molecule has 0 unspecified atom stereocenters. The molecule has 0 bridgehead atoms. The number of nitrogens with one attached hydrogen (secondary N) is 1. The van der Waals surface area contributed by atoms with Crippen molar-refractivity contribution in [3.05, 3.63) is 83.9 Å². The van der Waals surface area contributed by atoms with Gasteiger partial charge in [0.05, 0.1) is 5.69 Å². The molecule has 3 rings (SSSR count). The number of carbonyl (C=O) groups is 2. The minimum atomic E-state index is -0.767. The number of rotatable bonds is 6. The van der Waals surface area contributed by atoms with Gasteiger partial charge in [-0.2, -0.15) is 0 Å². The molecule has 1 heterocycles. The molecule has 6 nitrogen and oxygen atoms in total. The van der Waals surface area contributed by atoms with Crippen LogP contribution >= 0.6 is 0 Å². The minimum absolute atomic E-state index is 0.0382. The van der Waals surface area contributed by atoms with Crippen LogP contribution < -0.4 is 10.1 Å². The van der Waals surface area contributed by atoms with Gasteiger partial charge in [-0.3, -0.25) is 15.1 Å². The van der Waals surface area contributed by atoms with Crippen molar-refractivity contribution < 1.29 is 23.5 Å². The Balaban J connectivity index is 1.60. The number of pyridine rings is 1. The largest absolute Gasteiger partial charge is 0.457 e. The summed E-state index contributed by atoms with van der Waals surface area (Å²) < 4.78 is 24.7. The molecule has 1 aromatic heterocycles. The average molecular weight is 366 g/mol. The molecule has 1 amide bonds. The summed E-state index contributed by atoms with van der Waals surface area (Å²) in [7, 11) is 0. The zero-order valence-electron chi connectivity index (χ0n) is 14.1. The highest BCUT2D eigenvalue weighted by Gasteiger charge is 2.10. The van der Waals surface area contributed by atoms with E-state index in [9.17, 15) is 14.0 Å². The maximum Gasteiger partial charge on any atom is 0.412 e. The summed E-state index contributed by atoms with van der Waals surface area (Å²) >= 11 is 0. The van der Waals surface area contributed by atoms with Crippen molar-refractivity contribution in [1.29, 1.82) is 0 Å². The summed E-state index contributed by atoms with van der Waals surface area (Å²) in [6, 6.07) is 16.1. The van der Waals surface area contributed by atoms with Gasteiger partial charge in [0.15, 0.2) is 12.1 Å². The Morgan fingerprint density at radius 1 is 1.07 bits per heavy atom. The first kappa shape index (κ1) is 18.1. The van der Waals surface area contributed by atoms with Crippen LogP contribution in [0.15, 0.2) is 66.9 Å². The Labute approximate surface area is 154 Å². The molecule has 0 aliphatic heterocycles. The molecule has 0 atom stereocenters. The summed E-state index contributed by atoms with van der Waals surface area (Å²) in [5, 5.41) is 2.34. The van der Waals surface area contributed by atoms with E-state index in [1.807, 2.05) is 30.3 Å². The molecular formula is C20H15FN2O4. The number of aldehydes is 1. The summed E-state index contributed by atoms with van der Waals surface area (Å²) in [6.07, 6.45) is 1.23. The zero-order valence-corrected chi connectivity index (χ0v) is 14.1. The van der Waals surface area contributed by atoms with Gasteiger partial charge >= 0.3 is 6.09 Å². The molecule has 0 saturated carbocycles. The van der Waals surface area contributed by atoms with Crippen molar-refractivity contribution in [2.24, 2.45) is 0 Å². The molecule has 0 fully saturated rings. The highest BCUT2D eigenvalue weighted by molar-refractivity contribution is 5.84. The molecule has 1 N–H and O–H groups in total. The third-order valence-corrected chi connectivity index (χ3v) is 3.50. The van der Waals surface area contributed by atoms with Crippen LogP contribution in [0.25, 0.3) is 0 Å². The number of ether oxygens (including phenoxy) is 2. The highest BCUT2D eigenvalue weighted by atomic mass is 19.1. The van der Waals surface area contributed by atoms with Crippen molar-refractivity contribution in [2.75, 3.05) is 5.32 Å². The van der Waals surface area contributed by atoms with E-state index in [0.29, 0.717) is 12.0 Å². The van der Waals surface area contributed by atoms with E-state index < -0.39 is 11.9 Å². The first-order valence-electron chi connectivity index (χ1n) is 8.00. The third-order valence-electron chi connectivity index (χ3n) is 3.50. The highest BCUT2D eigenvalue weighted by Crippen LogP contribution is 2.25. The fourth-order valence-corrected chi connectivity index (χ4v) is 2.22. The van der Waals surface area contributed by atoms with Crippen molar-refractivity contribution >= 4 is 18.1 Å². The van der Waals surface area contributed by atoms with Gasteiger partial charge in [-0.25, -0.2) is 9.18 Å². The molecular weight excluding hydrogens is 351 g/mol. The third kappa shape index (κ3) is 5.12. The van der Waals surface area contributed by atoms with E-state index in [-0.39, 0.29) is 23.7 Å². The molecule has 27 heavy (non-hydrogen) atoms. The Kier molecular flexibility index (Phi) is 5.73. The van der Waals surface area contributed by atoms with Crippen LogP contribution in [0, 0.1) is 5.82 Å². The van der Waals surface area contributed by atoms with Gasteiger partial charge in [-0.15, -0.1) is 0 Å². The Hall–Kier alpha value is -3.74. The number of hydrogen-bond donors (Lipinski definition) is 1. The second-order valence-corrected chi connectivity index (χ2v) is 5.46. The Bertz CT molecular complexity index is 948. The first-order chi connectivity index (χ1) is 13.1. The topological polar surface area (TPSA) is 77.5 Å². The number of benzene rings is 2. The van der Waals surface area contributed by atoms with Crippen molar-refractivity contribution in [2.45, 2.75) is 6.61 Å². The van der Waals surface area contributed by atoms with Gasteiger partial charge in [0.25, 0.3) is 0 Å². The molecule has 0 spiro atoms. The second-order valence-electron chi connectivity index (χ2n) is 5.46. The number of anilines is 1. The van der Waals surface area contributed by atoms with E-state index in [1.165, 1.54) is 30.5 Å². The van der Waals surface area contributed by atoms with E-state index >= 15 is 0 Å². The predicted molar refractivity (Wildman–Crippen MR) is 96.3 cm³/mol. The van der Waals surface area contributed by atoms with Crippen molar-refractivity contribution in [3.63, 3.8) is 0 Å². The lowest BCUT2D eigenvalue weighted by Crippen LogP contribution is -2.14. The standard InChI is InChI=1S/C20H15FN2O4/c21-18-11-16(27-17-8-9-22-15(10-17)12-24)6-7-19(18)23-20(25)26-13-14-4-2-1-3-5-14/h1-12H,13H2,(H,23,25). The summed E-state index contributed by atoms with van der Waals surface area (Å²) in [5.74, 6) is -0.137. The van der Waals surface area contributed by atoms with E-state index in [2.05, 4.69) is 10.3 Å². The molecule has 0 radical (unpaired) electrons. The lowest BCUT2D eigenvalue weighted by Gasteiger charge is -2.10. The zero-order chi connectivity index (χ0) is 19.1. The van der Waals surface area contributed by atoms with Crippen LogP contribution in [0.2, 0.25) is 0 Å². The summed E-state index contributed by atoms with van der Waals surface area (Å²) in [6.45, 7) is 0.0800. The van der Waals surface area contributed by atoms with Crippen LogP contribution in [0.5, 0.6) is 11.5 Å². The van der Waals surface area contributed by atoms with Crippen LogP contribution in [0.1, 0.15) is 16.1 Å². The van der Waals surface area contributed by atoms with Crippen LogP contribution in [-0.4, -0.2) is 17.4 Å². The fraction of sp³-hybridized carbons (Fsp3) is 0.0500. The van der Waals surface area contributed by atoms with Crippen molar-refractivity contribution in [1.82, 2.24) is 4.98 Å². The van der Waals surface area contributed by atoms with E-state index in [1.54, 1.807) is 0 Å². The minimum Gasteiger partial charge on any atom is -0.457 e. The van der Waals surface area contributed by atoms with Gasteiger partial charge < -0.3 is 9.47 Å². The number of amides is 1. The lowest BCUT2D eigenvalue weighted by molar-refractivity contribution is 0.111. The maximum atomic E-state index is 14.2. The van der Waals surface area contributed by atoms with Gasteiger partial charge in [0.2, 0.25) is 0 Å². The Morgan fingerprint density at radius 2 is 1.85 bits per heavy atom. The SMILES string of the molecule is O=Cc1cc(Oc2ccc(NC(=O)OCc3ccccc3)c(F)c2)ccn1. The predicted octanol–water partition coefficient (Wildman–Crippen LogP) is 4.57. The molecule has 2 aromatic carbocycles. The number of carbonyl (C=O) groups excluding carboxylic acids is 2. The normalized spacial score (nSPS) is 10.1. The molecule has 0 aliphatic carbocycles. The summed E-state index contributed by atoms with van der Waals surface area (Å²) in [4.78, 5) is 26.4. The van der Waals surface area contributed by atoms with Crippen LogP contribution in [-0.2, 0) is 11.3 Å².